The highest BCUT2D eigenvalue weighted by atomic mass is 32.2. The zero-order chi connectivity index (χ0) is 17.6. The molecule has 0 spiro atoms. The van der Waals surface area contributed by atoms with Gasteiger partial charge in [-0.25, -0.2) is 8.42 Å². The minimum Gasteiger partial charge on any atom is -0.294 e. The third-order valence-electron chi connectivity index (χ3n) is 5.15. The lowest BCUT2D eigenvalue weighted by Crippen LogP contribution is -2.28. The van der Waals surface area contributed by atoms with Crippen LogP contribution in [0.3, 0.4) is 0 Å². The Balaban J connectivity index is 1.48. The Morgan fingerprint density at radius 2 is 1.12 bits per heavy atom. The summed E-state index contributed by atoms with van der Waals surface area (Å²) in [6, 6.07) is 14.6. The van der Waals surface area contributed by atoms with E-state index >= 15 is 0 Å². The molecular formula is C20H18O4S. The molecule has 0 aliphatic heterocycles. The van der Waals surface area contributed by atoms with Gasteiger partial charge in [0.1, 0.15) is 0 Å². The lowest BCUT2D eigenvalue weighted by atomic mass is 10.1. The smallest absolute Gasteiger partial charge is 0.167 e. The molecule has 0 unspecified atom stereocenters. The molecule has 0 aromatic heterocycles. The average molecular weight is 354 g/mol. The van der Waals surface area contributed by atoms with Gasteiger partial charge in [-0.3, -0.25) is 9.59 Å². The van der Waals surface area contributed by atoms with Crippen molar-refractivity contribution >= 4 is 21.4 Å². The van der Waals surface area contributed by atoms with Crippen LogP contribution in [0.25, 0.3) is 0 Å². The summed E-state index contributed by atoms with van der Waals surface area (Å²) in [5.74, 6) is -1.61. The molecule has 2 aromatic carbocycles. The number of sulfone groups is 1. The summed E-state index contributed by atoms with van der Waals surface area (Å²) in [5, 5.41) is 0. The first-order chi connectivity index (χ1) is 11.9. The third-order valence-corrected chi connectivity index (χ3v) is 6.97. The fourth-order valence-electron chi connectivity index (χ4n) is 3.98. The van der Waals surface area contributed by atoms with Crippen LogP contribution in [0.2, 0.25) is 0 Å². The number of benzene rings is 2. The summed E-state index contributed by atoms with van der Waals surface area (Å²) in [7, 11) is -3.49. The zero-order valence-corrected chi connectivity index (χ0v) is 14.5. The van der Waals surface area contributed by atoms with Crippen LogP contribution >= 0.6 is 0 Å². The molecule has 4 nitrogen and oxygen atoms in total. The van der Waals surface area contributed by atoms with Gasteiger partial charge in [0.25, 0.3) is 0 Å². The summed E-state index contributed by atoms with van der Waals surface area (Å²) in [6.07, 6.45) is 0.931. The van der Waals surface area contributed by atoms with Gasteiger partial charge in [0.15, 0.2) is 21.4 Å². The highest BCUT2D eigenvalue weighted by Crippen LogP contribution is 2.30. The Morgan fingerprint density at radius 1 is 0.720 bits per heavy atom. The Hall–Kier alpha value is -2.27. The largest absolute Gasteiger partial charge is 0.294 e. The van der Waals surface area contributed by atoms with Crippen molar-refractivity contribution in [3.8, 4) is 0 Å². The van der Waals surface area contributed by atoms with Gasteiger partial charge in [0, 0.05) is 23.0 Å². The van der Waals surface area contributed by atoms with Crippen molar-refractivity contribution in [1.29, 1.82) is 0 Å². The van der Waals surface area contributed by atoms with Crippen LogP contribution in [-0.2, 0) is 22.7 Å². The number of carbonyl (C=O) groups excluding carboxylic acids is 2. The Bertz CT molecular complexity index is 901. The standard InChI is InChI=1S/C20H18O4S/c21-19-15(9-13-5-1-3-7-17(13)19)11-25(23,24)12-16-10-14-6-2-4-8-18(14)20(16)22/h1-8,15-16H,9-12H2/t15-,16+. The Morgan fingerprint density at radius 3 is 1.52 bits per heavy atom. The zero-order valence-electron chi connectivity index (χ0n) is 13.6. The SMILES string of the molecule is O=C1c2ccccc2C[C@@H]1CS(=O)(=O)C[C@@H]1Cc2ccccc2C1=O. The molecule has 0 radical (unpaired) electrons. The summed E-state index contributed by atoms with van der Waals surface area (Å²) >= 11 is 0. The lowest BCUT2D eigenvalue weighted by molar-refractivity contribution is 0.0944. The molecule has 0 heterocycles. The van der Waals surface area contributed by atoms with Gasteiger partial charge in [0.05, 0.1) is 11.5 Å². The molecule has 0 amide bonds. The average Bonchev–Trinajstić information content (AvgIpc) is 3.05. The molecule has 128 valence electrons. The lowest BCUT2D eigenvalue weighted by Gasteiger charge is -2.12. The van der Waals surface area contributed by atoms with Gasteiger partial charge in [-0.1, -0.05) is 48.5 Å². The summed E-state index contributed by atoms with van der Waals surface area (Å²) in [4.78, 5) is 24.8. The Kier molecular flexibility index (Phi) is 3.84. The number of hydrogen-bond donors (Lipinski definition) is 0. The number of carbonyl (C=O) groups is 2. The van der Waals surface area contributed by atoms with E-state index in [0.717, 1.165) is 11.1 Å². The van der Waals surface area contributed by atoms with Crippen LogP contribution in [0.4, 0.5) is 0 Å². The summed E-state index contributed by atoms with van der Waals surface area (Å²) < 4.78 is 25.3. The quantitative estimate of drug-likeness (QED) is 0.846. The summed E-state index contributed by atoms with van der Waals surface area (Å²) in [6.45, 7) is 0. The predicted octanol–water partition coefficient (Wildman–Crippen LogP) is 2.51. The van der Waals surface area contributed by atoms with Gasteiger partial charge in [-0.15, -0.1) is 0 Å². The molecular weight excluding hydrogens is 336 g/mol. The number of ketones is 2. The maximum atomic E-state index is 12.6. The number of fused-ring (bicyclic) bond motifs is 2. The maximum Gasteiger partial charge on any atom is 0.167 e. The second-order valence-electron chi connectivity index (χ2n) is 6.92. The molecule has 2 aliphatic rings. The molecule has 0 fully saturated rings. The molecule has 2 aliphatic carbocycles. The van der Waals surface area contributed by atoms with Crippen LogP contribution in [0.5, 0.6) is 0 Å². The summed E-state index contributed by atoms with van der Waals surface area (Å²) in [5.41, 5.74) is 3.09. The van der Waals surface area contributed by atoms with Crippen LogP contribution in [0.1, 0.15) is 31.8 Å². The fourth-order valence-corrected chi connectivity index (χ4v) is 5.88. The molecule has 0 saturated carbocycles. The van der Waals surface area contributed by atoms with E-state index in [1.54, 1.807) is 24.3 Å². The van der Waals surface area contributed by atoms with E-state index in [0.29, 0.717) is 24.0 Å². The molecule has 5 heteroatoms. The molecule has 4 rings (SSSR count). The van der Waals surface area contributed by atoms with Crippen LogP contribution in [0.15, 0.2) is 48.5 Å². The first-order valence-corrected chi connectivity index (χ1v) is 10.2. The van der Waals surface area contributed by atoms with Gasteiger partial charge in [-0.05, 0) is 24.0 Å². The van der Waals surface area contributed by atoms with Crippen molar-refractivity contribution in [2.45, 2.75) is 12.8 Å². The number of rotatable bonds is 4. The van der Waals surface area contributed by atoms with E-state index in [-0.39, 0.29) is 23.1 Å². The topological polar surface area (TPSA) is 68.3 Å². The molecule has 0 bridgehead atoms. The van der Waals surface area contributed by atoms with Gasteiger partial charge in [-0.2, -0.15) is 0 Å². The van der Waals surface area contributed by atoms with Gasteiger partial charge >= 0.3 is 0 Å². The van der Waals surface area contributed by atoms with Crippen molar-refractivity contribution in [1.82, 2.24) is 0 Å². The number of hydrogen-bond acceptors (Lipinski definition) is 4. The van der Waals surface area contributed by atoms with Crippen LogP contribution < -0.4 is 0 Å². The highest BCUT2D eigenvalue weighted by molar-refractivity contribution is 7.91. The van der Waals surface area contributed by atoms with Crippen molar-refractivity contribution in [2.75, 3.05) is 11.5 Å². The van der Waals surface area contributed by atoms with Crippen LogP contribution in [0, 0.1) is 11.8 Å². The van der Waals surface area contributed by atoms with Crippen LogP contribution in [-0.4, -0.2) is 31.5 Å². The normalized spacial score (nSPS) is 22.1. The second kappa shape index (κ2) is 5.92. The van der Waals surface area contributed by atoms with Crippen molar-refractivity contribution in [2.24, 2.45) is 11.8 Å². The van der Waals surface area contributed by atoms with Gasteiger partial charge in [0.2, 0.25) is 0 Å². The van der Waals surface area contributed by atoms with Gasteiger partial charge < -0.3 is 0 Å². The minimum absolute atomic E-state index is 0.0970. The maximum absolute atomic E-state index is 12.6. The van der Waals surface area contributed by atoms with E-state index in [1.807, 2.05) is 24.3 Å². The van der Waals surface area contributed by atoms with Crippen molar-refractivity contribution < 1.29 is 18.0 Å². The predicted molar refractivity (Wildman–Crippen MR) is 94.6 cm³/mol. The molecule has 0 saturated heterocycles. The number of Topliss-reactive ketones (excluding diaryl/α,β-unsaturated/α-hetero) is 2. The first-order valence-electron chi connectivity index (χ1n) is 8.39. The monoisotopic (exact) mass is 354 g/mol. The molecule has 2 aromatic rings. The van der Waals surface area contributed by atoms with E-state index in [2.05, 4.69) is 0 Å². The minimum atomic E-state index is -3.49. The molecule has 0 N–H and O–H groups in total. The van der Waals surface area contributed by atoms with E-state index < -0.39 is 21.7 Å². The van der Waals surface area contributed by atoms with E-state index in [4.69, 9.17) is 0 Å². The third kappa shape index (κ3) is 2.93. The van der Waals surface area contributed by atoms with E-state index in [1.165, 1.54) is 0 Å². The van der Waals surface area contributed by atoms with E-state index in [9.17, 15) is 18.0 Å². The second-order valence-corrected chi connectivity index (χ2v) is 9.08. The fraction of sp³-hybridized carbons (Fsp3) is 0.300. The molecule has 25 heavy (non-hydrogen) atoms. The molecule has 2 atom stereocenters. The first kappa shape index (κ1) is 16.2. The highest BCUT2D eigenvalue weighted by Gasteiger charge is 2.37. The van der Waals surface area contributed by atoms with Crippen molar-refractivity contribution in [3.05, 3.63) is 70.8 Å². The Labute approximate surface area is 146 Å². The van der Waals surface area contributed by atoms with Crippen molar-refractivity contribution in [3.63, 3.8) is 0 Å².